The number of hydrogen-bond acceptors (Lipinski definition) is 21. The summed E-state index contributed by atoms with van der Waals surface area (Å²) >= 11 is 27.4. The Morgan fingerprint density at radius 1 is 0.387 bits per heavy atom. The largest absolute Gasteiger partial charge is 0.481 e. The molecule has 0 radical (unpaired) electrons. The van der Waals surface area contributed by atoms with Gasteiger partial charge in [0, 0.05) is 232 Å². The van der Waals surface area contributed by atoms with Gasteiger partial charge in [0.1, 0.15) is 36.6 Å². The molecule has 124 heavy (non-hydrogen) atoms. The predicted octanol–water partition coefficient (Wildman–Crippen LogP) is 14.0. The van der Waals surface area contributed by atoms with Crippen molar-refractivity contribution in [2.75, 3.05) is 39.5 Å². The summed E-state index contributed by atoms with van der Waals surface area (Å²) in [4.78, 5) is 112. The zero-order valence-corrected chi connectivity index (χ0v) is 86.7. The van der Waals surface area contributed by atoms with Gasteiger partial charge in [-0.25, -0.2) is 38.6 Å². The fourth-order valence-corrected chi connectivity index (χ4v) is 36.4. The second kappa shape index (κ2) is 66.7. The summed E-state index contributed by atoms with van der Waals surface area (Å²) in [6, 6.07) is 58.1. The highest BCUT2D eigenvalue weighted by Crippen LogP contribution is 2.27. The van der Waals surface area contributed by atoms with Crippen molar-refractivity contribution in [3.63, 3.8) is 0 Å². The highest BCUT2D eigenvalue weighted by Gasteiger charge is 2.42. The summed E-state index contributed by atoms with van der Waals surface area (Å²) in [6.07, 6.45) is 3.86. The van der Waals surface area contributed by atoms with E-state index in [-0.39, 0.29) is 49.2 Å². The fraction of sp³-hybridized carbons (Fsp3) is 0.444. The van der Waals surface area contributed by atoms with E-state index in [1.165, 1.54) is 86.4 Å². The van der Waals surface area contributed by atoms with E-state index in [9.17, 15) is 48.3 Å². The van der Waals surface area contributed by atoms with E-state index in [1.54, 1.807) is 82.9 Å². The van der Waals surface area contributed by atoms with Crippen molar-refractivity contribution < 1.29 is 76.7 Å². The average Bonchev–Trinajstić information content (AvgIpc) is 1.66. The Labute approximate surface area is 800 Å². The number of alkyl carbamates (subject to hydrolysis) is 4. The van der Waals surface area contributed by atoms with E-state index in [1.807, 2.05) is 224 Å². The summed E-state index contributed by atoms with van der Waals surface area (Å²) in [5.41, 5.74) is 4.70. The van der Waals surface area contributed by atoms with Gasteiger partial charge in [0.2, 0.25) is 11.8 Å². The second-order valence-corrected chi connectivity index (χ2v) is 56.2. The van der Waals surface area contributed by atoms with Crippen LogP contribution in [0.3, 0.4) is 0 Å². The van der Waals surface area contributed by atoms with Gasteiger partial charge in [-0.2, -0.15) is 0 Å². The number of benzene rings is 6. The van der Waals surface area contributed by atoms with Crippen LogP contribution in [0.5, 0.6) is 0 Å². The topological polar surface area (TPSA) is 284 Å². The number of aliphatic carboxylic acids is 1. The molecule has 43 heteroatoms. The molecule has 6 aromatic carbocycles. The molecule has 3 heterocycles. The molecule has 9 rings (SSSR count). The highest BCUT2D eigenvalue weighted by atomic mass is 33.4. The third kappa shape index (κ3) is 54.0. The van der Waals surface area contributed by atoms with Crippen molar-refractivity contribution in [3.05, 3.63) is 215 Å². The number of imide groups is 2. The van der Waals surface area contributed by atoms with Crippen LogP contribution in [-0.4, -0.2) is 144 Å². The Morgan fingerprint density at radius 3 is 0.911 bits per heavy atom. The van der Waals surface area contributed by atoms with Gasteiger partial charge in [-0.1, -0.05) is 182 Å². The number of carbonyl (C=O) groups is 9. The molecule has 0 spiro atoms. The summed E-state index contributed by atoms with van der Waals surface area (Å²) in [7, 11) is 22.1. The Hall–Kier alpha value is -5.63. The molecule has 0 aromatic heterocycles. The molecule has 3 fully saturated rings. The van der Waals surface area contributed by atoms with E-state index >= 15 is 0 Å². The summed E-state index contributed by atoms with van der Waals surface area (Å²) < 4.78 is 31.0. The molecule has 6 aromatic rings. The van der Waals surface area contributed by atoms with Gasteiger partial charge in [0.15, 0.2) is 0 Å². The van der Waals surface area contributed by atoms with Gasteiger partial charge in [-0.15, -0.1) is 0 Å². The third-order valence-electron chi connectivity index (χ3n) is 16.6. The van der Waals surface area contributed by atoms with E-state index in [4.69, 9.17) is 28.4 Å². The van der Waals surface area contributed by atoms with Crippen molar-refractivity contribution in [2.24, 2.45) is 17.8 Å². The molecular weight excluding hydrogens is 1990 g/mol. The average molecular weight is 2090 g/mol. The number of rotatable bonds is 27. The first kappa shape index (κ1) is 113. The zero-order chi connectivity index (χ0) is 91.4. The van der Waals surface area contributed by atoms with Crippen molar-refractivity contribution in [2.45, 2.75) is 174 Å². The number of hydrogen-bond donors (Lipinski definition) is 5. The maximum atomic E-state index is 13.6. The molecule has 0 aliphatic carbocycles. The molecule has 0 saturated carbocycles. The standard InChI is InChI=1S/2C27H34N2O5.C17H25NO4.C10H11NO2.S8.S7.S6/c2*1-27(2,3)34-25(31)28-16-10-15-22(17-20-11-6-4-7-12-20)24(30)29-23(19-33-26(29)32)18-21-13-8-5-9-14-21;1-17(2,3)22-16(21)18-11-7-10-14(15(19)20)12-13-8-5-4-6-9-13;12-10-11-9(7-13-10)6-8-4-2-1-3-5-8;1-3-5-7-8-6-4-2;1-3-5-7-6-4-2;1-3-5-6-4-2/h2*4-9,11-14,22-23H,10,15-19H2,1-3H3,(H,28,31);4-6,8-9,14H,7,10-12H2,1-3H3,(H,18,21)(H,19,20);1-5,9H,6-7H2,(H,11,12);;;/t22-,23+;22-,23-;;9-;;;/m01.1.../s1. The smallest absolute Gasteiger partial charge is 0.416 e. The third-order valence-corrected chi connectivity index (χ3v) is 43.3. The van der Waals surface area contributed by atoms with Crippen LogP contribution < -0.4 is 21.3 Å². The molecule has 3 aliphatic rings. The Morgan fingerprint density at radius 2 is 0.645 bits per heavy atom. The quantitative estimate of drug-likeness (QED) is 0.0237. The van der Waals surface area contributed by atoms with Crippen LogP contribution in [0.4, 0.5) is 28.8 Å². The molecule has 8 amide bonds. The first-order chi connectivity index (χ1) is 59.3. The number of carboxylic acid groups (broad SMARTS) is 1. The minimum atomic E-state index is -0.805. The van der Waals surface area contributed by atoms with Crippen molar-refractivity contribution in [1.82, 2.24) is 31.1 Å². The molecule has 680 valence electrons. The number of nitrogens with zero attached hydrogens (tertiary/aromatic N) is 2. The lowest BCUT2D eigenvalue weighted by Gasteiger charge is -2.25. The summed E-state index contributed by atoms with van der Waals surface area (Å²) in [6.45, 7) is 18.3. The predicted molar refractivity (Wildman–Crippen MR) is 546 cm³/mol. The van der Waals surface area contributed by atoms with Gasteiger partial charge in [0.25, 0.3) is 0 Å². The molecule has 3 saturated heterocycles. The van der Waals surface area contributed by atoms with Crippen molar-refractivity contribution >= 4 is 255 Å². The lowest BCUT2D eigenvalue weighted by atomic mass is 9.92. The van der Waals surface area contributed by atoms with E-state index in [0.717, 1.165) is 34.2 Å². The molecule has 3 aliphatic heterocycles. The van der Waals surface area contributed by atoms with Gasteiger partial charge < -0.3 is 54.8 Å². The SMILES string of the molecule is CC(C)(C)OC(=O)NCCCC(Cc1ccccc1)C(=O)O.CC(C)(C)OC(=O)NCCC[C@@H](Cc1ccccc1)C(=O)N1C(=O)OC[C@H]1Cc1ccccc1.CC(C)(C)OC(=O)NCCC[C@H](Cc1ccccc1)C(=O)N1C(=O)OC[C@H]1Cc1ccccc1.O=C1N[C@H](Cc2ccccc2)CO1.S=S=S=S=S=S.S=S=S=S=S=S=S.S=S=S=S=S=S=S=S. The lowest BCUT2D eigenvalue weighted by Crippen LogP contribution is -2.44. The lowest BCUT2D eigenvalue weighted by molar-refractivity contribution is -0.142. The first-order valence-electron chi connectivity index (χ1n) is 38.4. The van der Waals surface area contributed by atoms with E-state index in [2.05, 4.69) is 88.4 Å². The number of cyclic esters (lactones) is 3. The fourth-order valence-electron chi connectivity index (χ4n) is 11.7. The zero-order valence-electron chi connectivity index (χ0n) is 69.6. The van der Waals surface area contributed by atoms with Gasteiger partial charge in [-0.05, 0) is 173 Å². The van der Waals surface area contributed by atoms with Crippen LogP contribution in [0.1, 0.15) is 134 Å². The van der Waals surface area contributed by atoms with Crippen molar-refractivity contribution in [3.8, 4) is 0 Å². The minimum absolute atomic E-state index is 0.134. The molecular formula is C81H104N6O16S21. The maximum absolute atomic E-state index is 13.6. The number of nitrogens with one attached hydrogen (secondary N) is 4. The molecule has 22 nitrogen and oxygen atoms in total. The van der Waals surface area contributed by atoms with Crippen LogP contribution in [0.15, 0.2) is 182 Å². The van der Waals surface area contributed by atoms with Gasteiger partial charge >= 0.3 is 42.5 Å². The van der Waals surface area contributed by atoms with E-state index < -0.39 is 71.0 Å². The van der Waals surface area contributed by atoms with E-state index in [0.29, 0.717) is 96.9 Å². The van der Waals surface area contributed by atoms with Crippen LogP contribution in [0.25, 0.3) is 0 Å². The first-order valence-corrected chi connectivity index (χ1v) is 62.4. The number of ether oxygens (including phenoxy) is 6. The van der Waals surface area contributed by atoms with Crippen molar-refractivity contribution in [1.29, 1.82) is 0 Å². The van der Waals surface area contributed by atoms with Crippen LogP contribution in [0.2, 0.25) is 0 Å². The van der Waals surface area contributed by atoms with Crippen LogP contribution in [0, 0.1) is 17.8 Å². The Kier molecular flexibility index (Phi) is 60.5. The monoisotopic (exact) mass is 2090 g/mol. The number of carboxylic acids is 1. The van der Waals surface area contributed by atoms with Crippen LogP contribution >= 0.6 is 0 Å². The summed E-state index contributed by atoms with van der Waals surface area (Å²) in [5, 5.41) is 20.1. The highest BCUT2D eigenvalue weighted by molar-refractivity contribution is 8.70. The minimum Gasteiger partial charge on any atom is -0.481 e. The van der Waals surface area contributed by atoms with Gasteiger partial charge in [0.05, 0.1) is 24.0 Å². The maximum Gasteiger partial charge on any atom is 0.416 e. The second-order valence-electron chi connectivity index (χ2n) is 29.6. The van der Waals surface area contributed by atoms with Gasteiger partial charge in [-0.3, -0.25) is 14.4 Å². The Balaban J connectivity index is 0.000000408. The molecule has 6 atom stereocenters. The molecule has 1 unspecified atom stereocenters. The molecule has 0 bridgehead atoms. The molecule has 5 N–H and O–H groups in total. The number of amides is 8. The Bertz CT molecular complexity index is 4810. The number of carbonyl (C=O) groups excluding carboxylic acids is 8. The normalized spacial score (nSPS) is 14.6. The van der Waals surface area contributed by atoms with Crippen LogP contribution in [-0.2, 0) is 282 Å². The summed E-state index contributed by atoms with van der Waals surface area (Å²) in [5.74, 6) is -2.53.